The number of ether oxygens (including phenoxy) is 2. The van der Waals surface area contributed by atoms with Crippen LogP contribution in [-0.2, 0) is 16.1 Å². The van der Waals surface area contributed by atoms with Crippen LogP contribution in [0.2, 0.25) is 0 Å². The third kappa shape index (κ3) is 5.69. The van der Waals surface area contributed by atoms with Crippen molar-refractivity contribution in [1.29, 1.82) is 5.26 Å². The zero-order valence-electron chi connectivity index (χ0n) is 15.4. The fourth-order valence-electron chi connectivity index (χ4n) is 2.88. The van der Waals surface area contributed by atoms with Crippen LogP contribution in [0.4, 0.5) is 0 Å². The molecule has 1 fully saturated rings. The first-order chi connectivity index (χ1) is 13.7. The van der Waals surface area contributed by atoms with E-state index in [0.717, 1.165) is 35.0 Å². The van der Waals surface area contributed by atoms with Gasteiger partial charge in [0.2, 0.25) is 0 Å². The van der Waals surface area contributed by atoms with Gasteiger partial charge in [-0.25, -0.2) is 0 Å². The zero-order valence-corrected chi connectivity index (χ0v) is 16.9. The Morgan fingerprint density at radius 3 is 2.82 bits per heavy atom. The second-order valence-electron chi connectivity index (χ2n) is 6.48. The Balaban J connectivity index is 1.62. The minimum Gasteiger partial charge on any atom is -0.488 e. The van der Waals surface area contributed by atoms with Gasteiger partial charge in [-0.05, 0) is 58.1 Å². The van der Waals surface area contributed by atoms with Gasteiger partial charge in [-0.2, -0.15) is 5.26 Å². The number of carbonyl (C=O) groups excluding carboxylic acids is 1. The standard InChI is InChI=1S/C22H21BrN2O3/c23-20-12-17(8-9-21(20)28-15-16-5-2-1-3-6-16)11-18(13-24)22(26)25-14-19-7-4-10-27-19/h1-3,5-6,8-9,11-12,19H,4,7,10,14-15H2,(H,25,26). The van der Waals surface area contributed by atoms with Crippen LogP contribution in [0.3, 0.4) is 0 Å². The van der Waals surface area contributed by atoms with Gasteiger partial charge in [0.05, 0.1) is 10.6 Å². The van der Waals surface area contributed by atoms with Gasteiger partial charge in [-0.3, -0.25) is 4.79 Å². The molecule has 1 saturated heterocycles. The first kappa shape index (κ1) is 20.1. The Morgan fingerprint density at radius 2 is 2.14 bits per heavy atom. The lowest BCUT2D eigenvalue weighted by Gasteiger charge is -2.11. The second kappa shape index (κ2) is 10.1. The Hall–Kier alpha value is -2.62. The van der Waals surface area contributed by atoms with Gasteiger partial charge in [-0.1, -0.05) is 36.4 Å². The highest BCUT2D eigenvalue weighted by Gasteiger charge is 2.17. The molecule has 1 heterocycles. The Morgan fingerprint density at radius 1 is 1.32 bits per heavy atom. The van der Waals surface area contributed by atoms with Gasteiger partial charge in [0, 0.05) is 13.2 Å². The summed E-state index contributed by atoms with van der Waals surface area (Å²) in [6, 6.07) is 17.3. The molecule has 3 rings (SSSR count). The van der Waals surface area contributed by atoms with Crippen LogP contribution in [0, 0.1) is 11.3 Å². The topological polar surface area (TPSA) is 71.3 Å². The summed E-state index contributed by atoms with van der Waals surface area (Å²) in [6.07, 6.45) is 3.55. The number of carbonyl (C=O) groups is 1. The molecule has 5 nitrogen and oxygen atoms in total. The smallest absolute Gasteiger partial charge is 0.262 e. The van der Waals surface area contributed by atoms with Crippen LogP contribution in [0.5, 0.6) is 5.75 Å². The molecule has 144 valence electrons. The minimum absolute atomic E-state index is 0.0408. The lowest BCUT2D eigenvalue weighted by Crippen LogP contribution is -2.32. The van der Waals surface area contributed by atoms with E-state index in [1.807, 2.05) is 54.6 Å². The van der Waals surface area contributed by atoms with Crippen molar-refractivity contribution in [3.8, 4) is 11.8 Å². The number of nitrogens with zero attached hydrogens (tertiary/aromatic N) is 1. The van der Waals surface area contributed by atoms with E-state index in [9.17, 15) is 10.1 Å². The molecule has 1 amide bonds. The van der Waals surface area contributed by atoms with Crippen LogP contribution >= 0.6 is 15.9 Å². The molecular weight excluding hydrogens is 420 g/mol. The maximum absolute atomic E-state index is 12.3. The van der Waals surface area contributed by atoms with Gasteiger partial charge in [0.15, 0.2) is 0 Å². The van der Waals surface area contributed by atoms with Crippen LogP contribution < -0.4 is 10.1 Å². The van der Waals surface area contributed by atoms with E-state index in [4.69, 9.17) is 9.47 Å². The molecule has 0 aromatic heterocycles. The normalized spacial score (nSPS) is 16.4. The van der Waals surface area contributed by atoms with Crippen molar-refractivity contribution in [2.24, 2.45) is 0 Å². The van der Waals surface area contributed by atoms with E-state index < -0.39 is 5.91 Å². The number of benzene rings is 2. The van der Waals surface area contributed by atoms with E-state index in [0.29, 0.717) is 18.9 Å². The monoisotopic (exact) mass is 440 g/mol. The first-order valence-corrected chi connectivity index (χ1v) is 9.93. The molecule has 1 unspecified atom stereocenters. The zero-order chi connectivity index (χ0) is 19.8. The van der Waals surface area contributed by atoms with Crippen molar-refractivity contribution in [2.75, 3.05) is 13.2 Å². The molecule has 1 atom stereocenters. The number of amides is 1. The third-order valence-corrected chi connectivity index (χ3v) is 5.00. The van der Waals surface area contributed by atoms with E-state index in [2.05, 4.69) is 21.2 Å². The van der Waals surface area contributed by atoms with Gasteiger partial charge in [-0.15, -0.1) is 0 Å². The molecule has 0 spiro atoms. The molecule has 1 aliphatic heterocycles. The lowest BCUT2D eigenvalue weighted by molar-refractivity contribution is -0.117. The van der Waals surface area contributed by atoms with Crippen LogP contribution in [-0.4, -0.2) is 25.2 Å². The predicted octanol–water partition coefficient (Wildman–Crippen LogP) is 4.23. The number of nitrogens with one attached hydrogen (secondary N) is 1. The maximum Gasteiger partial charge on any atom is 0.262 e. The maximum atomic E-state index is 12.3. The predicted molar refractivity (Wildman–Crippen MR) is 110 cm³/mol. The molecule has 28 heavy (non-hydrogen) atoms. The van der Waals surface area contributed by atoms with Gasteiger partial charge in [0.25, 0.3) is 5.91 Å². The second-order valence-corrected chi connectivity index (χ2v) is 7.33. The summed E-state index contributed by atoms with van der Waals surface area (Å²) in [6.45, 7) is 1.62. The summed E-state index contributed by atoms with van der Waals surface area (Å²) in [4.78, 5) is 12.3. The summed E-state index contributed by atoms with van der Waals surface area (Å²) < 4.78 is 12.1. The van der Waals surface area contributed by atoms with Crippen molar-refractivity contribution < 1.29 is 14.3 Å². The fourth-order valence-corrected chi connectivity index (χ4v) is 3.39. The molecule has 0 radical (unpaired) electrons. The van der Waals surface area contributed by atoms with Gasteiger partial charge in [0.1, 0.15) is 24.0 Å². The number of halogens is 1. The average Bonchev–Trinajstić information content (AvgIpc) is 3.24. The molecule has 1 N–H and O–H groups in total. The van der Waals surface area contributed by atoms with Crippen LogP contribution in [0.15, 0.2) is 58.6 Å². The molecule has 2 aromatic rings. The Kier molecular flexibility index (Phi) is 7.24. The van der Waals surface area contributed by atoms with Crippen molar-refractivity contribution in [2.45, 2.75) is 25.6 Å². The highest BCUT2D eigenvalue weighted by atomic mass is 79.9. The summed E-state index contributed by atoms with van der Waals surface area (Å²) >= 11 is 3.49. The highest BCUT2D eigenvalue weighted by molar-refractivity contribution is 9.10. The minimum atomic E-state index is -0.390. The Bertz CT molecular complexity index is 884. The van der Waals surface area contributed by atoms with E-state index >= 15 is 0 Å². The van der Waals surface area contributed by atoms with Crippen molar-refractivity contribution in [1.82, 2.24) is 5.32 Å². The SMILES string of the molecule is N#CC(=Cc1ccc(OCc2ccccc2)c(Br)c1)C(=O)NCC1CCCO1. The largest absolute Gasteiger partial charge is 0.488 e. The fraction of sp³-hybridized carbons (Fsp3) is 0.273. The number of nitriles is 1. The first-order valence-electron chi connectivity index (χ1n) is 9.13. The van der Waals surface area contributed by atoms with Crippen LogP contribution in [0.1, 0.15) is 24.0 Å². The summed E-state index contributed by atoms with van der Waals surface area (Å²) in [5.74, 6) is 0.306. The molecule has 6 heteroatoms. The Labute approximate surface area is 173 Å². The summed E-state index contributed by atoms with van der Waals surface area (Å²) in [7, 11) is 0. The van der Waals surface area contributed by atoms with Gasteiger partial charge >= 0.3 is 0 Å². The third-order valence-electron chi connectivity index (χ3n) is 4.38. The molecule has 0 aliphatic carbocycles. The molecule has 0 saturated carbocycles. The van der Waals surface area contributed by atoms with E-state index in [1.165, 1.54) is 0 Å². The molecule has 2 aromatic carbocycles. The molecular formula is C22H21BrN2O3. The van der Waals surface area contributed by atoms with Gasteiger partial charge < -0.3 is 14.8 Å². The average molecular weight is 441 g/mol. The number of hydrogen-bond donors (Lipinski definition) is 1. The van der Waals surface area contributed by atoms with E-state index in [1.54, 1.807) is 6.08 Å². The number of rotatable bonds is 7. The van der Waals surface area contributed by atoms with Crippen molar-refractivity contribution in [3.05, 3.63) is 69.7 Å². The lowest BCUT2D eigenvalue weighted by atomic mass is 10.1. The van der Waals surface area contributed by atoms with E-state index in [-0.39, 0.29) is 11.7 Å². The highest BCUT2D eigenvalue weighted by Crippen LogP contribution is 2.27. The van der Waals surface area contributed by atoms with Crippen molar-refractivity contribution >= 4 is 27.9 Å². The molecule has 1 aliphatic rings. The van der Waals surface area contributed by atoms with Crippen LogP contribution in [0.25, 0.3) is 6.08 Å². The summed E-state index contributed by atoms with van der Waals surface area (Å²) in [5.41, 5.74) is 1.87. The summed E-state index contributed by atoms with van der Waals surface area (Å²) in [5, 5.41) is 12.1. The quantitative estimate of drug-likeness (QED) is 0.516. The molecule has 0 bridgehead atoms. The number of hydrogen-bond acceptors (Lipinski definition) is 4. The van der Waals surface area contributed by atoms with Crippen molar-refractivity contribution in [3.63, 3.8) is 0 Å².